The van der Waals surface area contributed by atoms with Gasteiger partial charge in [0.2, 0.25) is 0 Å². The van der Waals surface area contributed by atoms with Crippen molar-refractivity contribution in [2.45, 2.75) is 138 Å². The third kappa shape index (κ3) is 8.80. The maximum Gasteiger partial charge on any atom is 0.197 e. The quantitative estimate of drug-likeness (QED) is 0.130. The molecule has 0 radical (unpaired) electrons. The molecular weight excluding hydrogens is 582 g/mol. The summed E-state index contributed by atoms with van der Waals surface area (Å²) in [5, 5.41) is 0. The first-order valence-corrected chi connectivity index (χ1v) is 19.8. The van der Waals surface area contributed by atoms with Gasteiger partial charge in [-0.3, -0.25) is 0 Å². The second kappa shape index (κ2) is 15.8. The highest BCUT2D eigenvalue weighted by Crippen LogP contribution is 2.67. The van der Waals surface area contributed by atoms with Crippen molar-refractivity contribution in [2.75, 3.05) is 59.7 Å². The topological polar surface area (TPSA) is 46.5 Å². The Kier molecular flexibility index (Phi) is 12.5. The van der Waals surface area contributed by atoms with Gasteiger partial charge < -0.3 is 24.0 Å². The van der Waals surface area contributed by atoms with Crippen molar-refractivity contribution >= 4 is 5.96 Å². The molecule has 47 heavy (non-hydrogen) atoms. The zero-order valence-corrected chi connectivity index (χ0v) is 32.1. The minimum absolute atomic E-state index is 0.0700. The van der Waals surface area contributed by atoms with Gasteiger partial charge in [-0.1, -0.05) is 65.5 Å². The number of allylic oxidation sites excluding steroid dienone is 1. The third-order valence-corrected chi connectivity index (χ3v) is 13.5. The van der Waals surface area contributed by atoms with Crippen LogP contribution in [0.1, 0.15) is 126 Å². The lowest BCUT2D eigenvalue weighted by Gasteiger charge is -2.58. The van der Waals surface area contributed by atoms with Gasteiger partial charge >= 0.3 is 0 Å². The van der Waals surface area contributed by atoms with E-state index >= 15 is 0 Å². The molecule has 270 valence electrons. The molecule has 8 atom stereocenters. The Balaban J connectivity index is 0.997. The second-order valence-electron chi connectivity index (χ2n) is 18.2. The smallest absolute Gasteiger partial charge is 0.197 e. The summed E-state index contributed by atoms with van der Waals surface area (Å²) in [6.07, 6.45) is 18.1. The molecule has 4 aliphatic carbocycles. The first-order valence-electron chi connectivity index (χ1n) is 19.8. The third-order valence-electron chi connectivity index (χ3n) is 13.5. The molecule has 6 heteroatoms. The van der Waals surface area contributed by atoms with Gasteiger partial charge in [-0.2, -0.15) is 0 Å². The summed E-state index contributed by atoms with van der Waals surface area (Å²) in [4.78, 5) is 9.49. The fraction of sp³-hybridized carbons (Fsp3) is 0.927. The van der Waals surface area contributed by atoms with Crippen LogP contribution in [0.2, 0.25) is 0 Å². The van der Waals surface area contributed by atoms with Gasteiger partial charge in [-0.25, -0.2) is 4.99 Å². The molecule has 0 bridgehead atoms. The highest BCUT2D eigenvalue weighted by atomic mass is 16.5. The van der Waals surface area contributed by atoms with Crippen molar-refractivity contribution in [1.82, 2.24) is 9.80 Å². The Labute approximate surface area is 289 Å². The van der Waals surface area contributed by atoms with Gasteiger partial charge in [0.15, 0.2) is 5.96 Å². The van der Waals surface area contributed by atoms with Crippen molar-refractivity contribution < 1.29 is 14.2 Å². The van der Waals surface area contributed by atoms with Crippen molar-refractivity contribution in [3.63, 3.8) is 0 Å². The maximum absolute atomic E-state index is 6.41. The van der Waals surface area contributed by atoms with Crippen LogP contribution in [-0.2, 0) is 14.2 Å². The number of aliphatic imine (C=N–C) groups is 1. The van der Waals surface area contributed by atoms with Gasteiger partial charge in [-0.05, 0) is 118 Å². The molecule has 1 saturated heterocycles. The zero-order chi connectivity index (χ0) is 33.8. The lowest BCUT2D eigenvalue weighted by molar-refractivity contribution is -0.0688. The molecule has 1 heterocycles. The van der Waals surface area contributed by atoms with Gasteiger partial charge in [0.05, 0.1) is 44.7 Å². The predicted molar refractivity (Wildman–Crippen MR) is 196 cm³/mol. The van der Waals surface area contributed by atoms with Crippen molar-refractivity contribution in [3.05, 3.63) is 11.6 Å². The Morgan fingerprint density at radius 2 is 1.64 bits per heavy atom. The Hall–Kier alpha value is -1.11. The molecule has 0 aromatic heterocycles. The first-order chi connectivity index (χ1) is 22.3. The molecule has 0 aromatic rings. The van der Waals surface area contributed by atoms with Crippen LogP contribution < -0.4 is 0 Å². The van der Waals surface area contributed by atoms with Crippen LogP contribution in [0.3, 0.4) is 0 Å². The van der Waals surface area contributed by atoms with E-state index in [0.717, 1.165) is 67.5 Å². The van der Waals surface area contributed by atoms with E-state index in [9.17, 15) is 0 Å². The SMILES string of the molecule is CC(C)CCCC(C)C1CCC2C3CC=C4CC(OCCOCCOCCN5CCN(C)C5=NC(C)(C)C)CC[C@]4(C)C3CC[C@]12C. The summed E-state index contributed by atoms with van der Waals surface area (Å²) in [6, 6.07) is 0. The molecule has 6 unspecified atom stereocenters. The number of likely N-dealkylation sites (N-methyl/N-ethyl adjacent to an activating group) is 1. The van der Waals surface area contributed by atoms with E-state index in [4.69, 9.17) is 19.2 Å². The molecule has 0 spiro atoms. The highest BCUT2D eigenvalue weighted by Gasteiger charge is 2.59. The minimum atomic E-state index is -0.0700. The highest BCUT2D eigenvalue weighted by molar-refractivity contribution is 5.82. The van der Waals surface area contributed by atoms with Crippen molar-refractivity contribution in [2.24, 2.45) is 51.3 Å². The molecule has 0 N–H and O–H groups in total. The van der Waals surface area contributed by atoms with Gasteiger partial charge in [0.1, 0.15) is 0 Å². The number of fused-ring (bicyclic) bond motifs is 5. The zero-order valence-electron chi connectivity index (χ0n) is 32.1. The van der Waals surface area contributed by atoms with Gasteiger partial charge in [0, 0.05) is 26.7 Å². The minimum Gasteiger partial charge on any atom is -0.377 e. The van der Waals surface area contributed by atoms with Crippen molar-refractivity contribution in [1.29, 1.82) is 0 Å². The summed E-state index contributed by atoms with van der Waals surface area (Å²) >= 11 is 0. The molecule has 0 amide bonds. The average molecular weight is 656 g/mol. The molecule has 0 aromatic carbocycles. The Bertz CT molecular complexity index is 1070. The van der Waals surface area contributed by atoms with E-state index in [1.807, 2.05) is 0 Å². The van der Waals surface area contributed by atoms with Crippen LogP contribution in [0.15, 0.2) is 16.6 Å². The van der Waals surface area contributed by atoms with E-state index in [1.54, 1.807) is 5.57 Å². The Morgan fingerprint density at radius 1 is 0.894 bits per heavy atom. The molecular formula is C41H73N3O3. The average Bonchev–Trinajstić information content (AvgIpc) is 3.53. The molecule has 1 aliphatic heterocycles. The summed E-state index contributed by atoms with van der Waals surface area (Å²) in [6.45, 7) is 25.4. The number of ether oxygens (including phenoxy) is 3. The molecule has 6 nitrogen and oxygen atoms in total. The number of hydrogen-bond donors (Lipinski definition) is 0. The fourth-order valence-corrected chi connectivity index (χ4v) is 10.9. The van der Waals surface area contributed by atoms with Crippen LogP contribution in [0.25, 0.3) is 0 Å². The summed E-state index contributed by atoms with van der Waals surface area (Å²) in [7, 11) is 2.13. The Morgan fingerprint density at radius 3 is 2.38 bits per heavy atom. The van der Waals surface area contributed by atoms with E-state index in [1.165, 1.54) is 64.2 Å². The normalized spacial score (nSPS) is 35.7. The largest absolute Gasteiger partial charge is 0.377 e. The van der Waals surface area contributed by atoms with Crippen LogP contribution in [0.4, 0.5) is 0 Å². The van der Waals surface area contributed by atoms with Crippen LogP contribution in [0, 0.1) is 46.3 Å². The van der Waals surface area contributed by atoms with Gasteiger partial charge in [-0.15, -0.1) is 0 Å². The molecule has 3 saturated carbocycles. The van der Waals surface area contributed by atoms with Crippen molar-refractivity contribution in [3.8, 4) is 0 Å². The maximum atomic E-state index is 6.41. The number of nitrogens with zero attached hydrogens (tertiary/aromatic N) is 3. The number of hydrogen-bond acceptors (Lipinski definition) is 4. The first kappa shape index (κ1) is 37.2. The van der Waals surface area contributed by atoms with E-state index < -0.39 is 0 Å². The predicted octanol–water partition coefficient (Wildman–Crippen LogP) is 8.85. The second-order valence-corrected chi connectivity index (χ2v) is 18.2. The van der Waals surface area contributed by atoms with Crippen LogP contribution >= 0.6 is 0 Å². The monoisotopic (exact) mass is 656 g/mol. The molecule has 5 aliphatic rings. The lowest BCUT2D eigenvalue weighted by Crippen LogP contribution is -2.51. The van der Waals surface area contributed by atoms with E-state index in [0.29, 0.717) is 50.0 Å². The lowest BCUT2D eigenvalue weighted by atomic mass is 9.47. The number of rotatable bonds is 15. The molecule has 4 fully saturated rings. The standard InChI is InChI=1S/C41H73N3O3/c1-30(2)11-10-12-31(3)35-15-16-36-34-14-13-32-29-33(17-19-40(32,7)37(34)18-20-41(35,36)8)47-28-27-46-26-25-45-24-23-44-22-21-43(9)38(44)42-39(4,5)6/h13,30-31,33-37H,10-12,14-29H2,1-9H3/t31?,33?,34?,35?,36?,37?,40-,41+/m0/s1. The van der Waals surface area contributed by atoms with Gasteiger partial charge in [0.25, 0.3) is 0 Å². The molecule has 5 rings (SSSR count). The van der Waals surface area contributed by atoms with E-state index in [2.05, 4.69) is 78.3 Å². The van der Waals surface area contributed by atoms with Crippen LogP contribution in [-0.4, -0.2) is 87.1 Å². The van der Waals surface area contributed by atoms with Crippen LogP contribution in [0.5, 0.6) is 0 Å². The summed E-state index contributed by atoms with van der Waals surface area (Å²) in [5.74, 6) is 6.47. The van der Waals surface area contributed by atoms with E-state index in [-0.39, 0.29) is 5.54 Å². The summed E-state index contributed by atoms with van der Waals surface area (Å²) < 4.78 is 18.2. The summed E-state index contributed by atoms with van der Waals surface area (Å²) in [5.41, 5.74) is 2.62. The number of guanidine groups is 1. The fourth-order valence-electron chi connectivity index (χ4n) is 10.9.